The minimum Gasteiger partial charge on any atom is -0.497 e. The van der Waals surface area contributed by atoms with Gasteiger partial charge in [0.05, 0.1) is 67.5 Å². The Kier molecular flexibility index (Phi) is 17.6. The van der Waals surface area contributed by atoms with Crippen LogP contribution < -0.4 is 4.74 Å². The summed E-state index contributed by atoms with van der Waals surface area (Å²) < 4.78 is 52.3. The molecule has 3 aliphatic heterocycles. The van der Waals surface area contributed by atoms with Crippen LogP contribution in [0, 0.1) is 23.7 Å². The molecule has 4 heterocycles. The van der Waals surface area contributed by atoms with Gasteiger partial charge in [0.25, 0.3) is 0 Å². The number of aromatic nitrogens is 3. The van der Waals surface area contributed by atoms with Crippen LogP contribution in [0.3, 0.4) is 0 Å². The summed E-state index contributed by atoms with van der Waals surface area (Å²) >= 11 is 0. The van der Waals surface area contributed by atoms with Gasteiger partial charge in [-0.2, -0.15) is 0 Å². The standard InChI is InChI=1S/C46H77N5O12/c1-26-20-46(8,58-14)42(63-44-39(53)36(49(9)10)19-28(3)59-44)29(4)40(62-37-21-45(7,57-13)41(54)31(6)60-37)30(5)43(55)61-34(23-50(11)22-27(2)38(26)52)24-51-25-35(47-48-51)32-15-17-33(56-12)18-16-32/h15-18,25-31,34,36-42,44,52-54H,19-24H2,1-14H3/t26-,27-,28-,29+,30-,31+,34+,36+,37+,38+,39-,40+,41+,42-,44+,45-,46-/m1/s1. The van der Waals surface area contributed by atoms with E-state index in [2.05, 4.69) is 15.2 Å². The summed E-state index contributed by atoms with van der Waals surface area (Å²) in [6.07, 6.45) is -5.14. The lowest BCUT2D eigenvalue weighted by Gasteiger charge is -2.49. The van der Waals surface area contributed by atoms with E-state index in [0.717, 1.165) is 11.3 Å². The lowest BCUT2D eigenvalue weighted by molar-refractivity contribution is -0.319. The Bertz CT molecular complexity index is 1740. The third-order valence-corrected chi connectivity index (χ3v) is 13.9. The van der Waals surface area contributed by atoms with Crippen molar-refractivity contribution < 1.29 is 58.0 Å². The molecular formula is C46H77N5O12. The molecule has 0 unspecified atom stereocenters. The second-order valence-corrected chi connectivity index (χ2v) is 19.3. The highest BCUT2D eigenvalue weighted by Gasteiger charge is 2.52. The van der Waals surface area contributed by atoms with Gasteiger partial charge >= 0.3 is 5.97 Å². The number of likely N-dealkylation sites (N-methyl/N-ethyl adjacent to an activating group) is 2. The van der Waals surface area contributed by atoms with Crippen LogP contribution in [0.15, 0.2) is 30.5 Å². The van der Waals surface area contributed by atoms with E-state index in [0.29, 0.717) is 31.6 Å². The fraction of sp³-hybridized carbons (Fsp3) is 0.804. The number of aliphatic hydroxyl groups excluding tert-OH is 3. The number of aliphatic hydroxyl groups is 3. The van der Waals surface area contributed by atoms with Gasteiger partial charge in [-0.15, -0.1) is 5.10 Å². The van der Waals surface area contributed by atoms with Crippen molar-refractivity contribution in [3.05, 3.63) is 30.5 Å². The molecule has 0 saturated carbocycles. The summed E-state index contributed by atoms with van der Waals surface area (Å²) in [6.45, 7) is 16.2. The van der Waals surface area contributed by atoms with Gasteiger partial charge < -0.3 is 63.0 Å². The fourth-order valence-electron chi connectivity index (χ4n) is 9.95. The van der Waals surface area contributed by atoms with Crippen molar-refractivity contribution in [2.45, 2.75) is 160 Å². The molecule has 0 amide bonds. The van der Waals surface area contributed by atoms with Gasteiger partial charge in [0, 0.05) is 51.3 Å². The van der Waals surface area contributed by atoms with E-state index in [9.17, 15) is 20.1 Å². The van der Waals surface area contributed by atoms with Crippen LogP contribution >= 0.6 is 0 Å². The molecule has 0 bridgehead atoms. The van der Waals surface area contributed by atoms with E-state index < -0.39 is 84.3 Å². The van der Waals surface area contributed by atoms with Crippen molar-refractivity contribution >= 4 is 5.97 Å². The van der Waals surface area contributed by atoms with Gasteiger partial charge in [-0.25, -0.2) is 4.68 Å². The first-order valence-corrected chi connectivity index (χ1v) is 22.5. The first kappa shape index (κ1) is 51.2. The number of carbonyl (C=O) groups excluding carboxylic acids is 1. The molecule has 1 aromatic heterocycles. The number of hydrogen-bond donors (Lipinski definition) is 3. The largest absolute Gasteiger partial charge is 0.497 e. The highest BCUT2D eigenvalue weighted by Crippen LogP contribution is 2.41. The number of methoxy groups -OCH3 is 3. The molecule has 2 aromatic rings. The van der Waals surface area contributed by atoms with Gasteiger partial charge in [-0.3, -0.25) is 4.79 Å². The number of benzene rings is 1. The average molecular weight is 892 g/mol. The zero-order chi connectivity index (χ0) is 46.6. The highest BCUT2D eigenvalue weighted by atomic mass is 16.7. The molecule has 17 nitrogen and oxygen atoms in total. The van der Waals surface area contributed by atoms with Crippen molar-refractivity contribution in [2.24, 2.45) is 23.7 Å². The first-order chi connectivity index (χ1) is 29.6. The SMILES string of the molecule is COc1ccc(-c2cn(C[C@@H]3CN(C)C[C@@H](C)[C@@H](O)[C@H](C)C[C@@](C)(OC)[C@H](O[C@@H]4O[C@H](C)C[C@H](N(C)C)[C@H]4O)[C@@H](C)[C@H](O[C@H]4C[C@@](C)(OC)[C@@H](O)[C@H](C)O4)[C@@H](C)C(=O)O3)nn2)cc1. The minimum absolute atomic E-state index is 0.164. The molecule has 3 fully saturated rings. The zero-order valence-corrected chi connectivity index (χ0v) is 40.0. The monoisotopic (exact) mass is 892 g/mol. The number of rotatable bonds is 11. The number of nitrogens with zero attached hydrogens (tertiary/aromatic N) is 5. The average Bonchev–Trinajstić information content (AvgIpc) is 3.71. The number of ether oxygens (including phenoxy) is 8. The summed E-state index contributed by atoms with van der Waals surface area (Å²) in [5.74, 6) is -1.84. The summed E-state index contributed by atoms with van der Waals surface area (Å²) in [4.78, 5) is 18.8. The van der Waals surface area contributed by atoms with Crippen molar-refractivity contribution in [2.75, 3.05) is 55.6 Å². The zero-order valence-electron chi connectivity index (χ0n) is 40.0. The number of hydrogen-bond acceptors (Lipinski definition) is 16. The summed E-state index contributed by atoms with van der Waals surface area (Å²) in [5.41, 5.74) is -0.615. The molecule has 5 rings (SSSR count). The van der Waals surface area contributed by atoms with Gasteiger partial charge in [0.1, 0.15) is 29.8 Å². The Labute approximate surface area is 374 Å². The topological polar surface area (TPSA) is 189 Å². The molecule has 0 radical (unpaired) electrons. The first-order valence-electron chi connectivity index (χ1n) is 22.5. The number of esters is 1. The third kappa shape index (κ3) is 12.2. The Morgan fingerprint density at radius 2 is 1.54 bits per heavy atom. The fourth-order valence-corrected chi connectivity index (χ4v) is 9.95. The molecule has 358 valence electrons. The molecule has 17 heteroatoms. The van der Waals surface area contributed by atoms with E-state index in [1.807, 2.05) is 98.0 Å². The molecule has 17 atom stereocenters. The Balaban J connectivity index is 1.57. The summed E-state index contributed by atoms with van der Waals surface area (Å²) in [7, 11) is 10.5. The molecular weight excluding hydrogens is 815 g/mol. The Morgan fingerprint density at radius 3 is 2.16 bits per heavy atom. The van der Waals surface area contributed by atoms with Crippen LogP contribution in [0.5, 0.6) is 5.75 Å². The highest BCUT2D eigenvalue weighted by molar-refractivity contribution is 5.73. The van der Waals surface area contributed by atoms with E-state index in [4.69, 9.17) is 37.9 Å². The smallest absolute Gasteiger partial charge is 0.311 e. The molecule has 3 saturated heterocycles. The molecule has 63 heavy (non-hydrogen) atoms. The second kappa shape index (κ2) is 21.7. The Morgan fingerprint density at radius 1 is 0.873 bits per heavy atom. The third-order valence-electron chi connectivity index (χ3n) is 13.9. The van der Waals surface area contributed by atoms with Gasteiger partial charge in [0.15, 0.2) is 12.6 Å². The van der Waals surface area contributed by atoms with Gasteiger partial charge in [-0.1, -0.05) is 26.0 Å². The molecule has 3 aliphatic rings. The van der Waals surface area contributed by atoms with Crippen molar-refractivity contribution in [3.8, 4) is 17.0 Å². The van der Waals surface area contributed by atoms with Crippen LogP contribution in [0.25, 0.3) is 11.3 Å². The van der Waals surface area contributed by atoms with Crippen molar-refractivity contribution in [1.29, 1.82) is 0 Å². The minimum atomic E-state index is -1.11. The van der Waals surface area contributed by atoms with Crippen LogP contribution in [0.2, 0.25) is 0 Å². The summed E-state index contributed by atoms with van der Waals surface area (Å²) in [5, 5.41) is 43.6. The molecule has 0 aliphatic carbocycles. The predicted molar refractivity (Wildman–Crippen MR) is 235 cm³/mol. The van der Waals surface area contributed by atoms with E-state index in [1.165, 1.54) is 0 Å². The number of carbonyl (C=O) groups is 1. The van der Waals surface area contributed by atoms with Crippen molar-refractivity contribution in [3.63, 3.8) is 0 Å². The van der Waals surface area contributed by atoms with E-state index in [1.54, 1.807) is 39.9 Å². The maximum atomic E-state index is 14.8. The normalized spacial score (nSPS) is 40.5. The second-order valence-electron chi connectivity index (χ2n) is 19.3. The molecule has 3 N–H and O–H groups in total. The van der Waals surface area contributed by atoms with Gasteiger partial charge in [0.2, 0.25) is 0 Å². The van der Waals surface area contributed by atoms with Crippen LogP contribution in [0.1, 0.15) is 74.7 Å². The lowest BCUT2D eigenvalue weighted by atomic mass is 9.75. The maximum absolute atomic E-state index is 14.8. The Hall–Kier alpha value is -2.81. The van der Waals surface area contributed by atoms with E-state index in [-0.39, 0.29) is 36.9 Å². The molecule has 1 aromatic carbocycles. The van der Waals surface area contributed by atoms with E-state index >= 15 is 0 Å². The van der Waals surface area contributed by atoms with Gasteiger partial charge in [-0.05, 0) is 105 Å². The van der Waals surface area contributed by atoms with Crippen LogP contribution in [-0.2, 0) is 44.5 Å². The molecule has 0 spiro atoms. The van der Waals surface area contributed by atoms with Crippen LogP contribution in [0.4, 0.5) is 0 Å². The summed E-state index contributed by atoms with van der Waals surface area (Å²) in [6, 6.07) is 7.27. The number of cyclic esters (lactones) is 1. The maximum Gasteiger partial charge on any atom is 0.311 e. The predicted octanol–water partition coefficient (Wildman–Crippen LogP) is 3.61. The van der Waals surface area contributed by atoms with Crippen molar-refractivity contribution in [1.82, 2.24) is 24.8 Å². The van der Waals surface area contributed by atoms with Crippen LogP contribution in [-0.4, -0.2) is 180 Å². The quantitative estimate of drug-likeness (QED) is 0.278. The lowest BCUT2D eigenvalue weighted by Crippen LogP contribution is -2.61.